The van der Waals surface area contributed by atoms with Crippen LogP contribution >= 0.6 is 24.8 Å². The van der Waals surface area contributed by atoms with Gasteiger partial charge in [0.05, 0.1) is 0 Å². The maximum absolute atomic E-state index is 5.89. The lowest BCUT2D eigenvalue weighted by Gasteiger charge is -2.34. The van der Waals surface area contributed by atoms with Crippen molar-refractivity contribution in [2.24, 2.45) is 5.73 Å². The lowest BCUT2D eigenvalue weighted by molar-refractivity contribution is 0.345. The third kappa shape index (κ3) is 3.82. The number of aromatic amines is 1. The van der Waals surface area contributed by atoms with Crippen molar-refractivity contribution in [3.63, 3.8) is 0 Å². The molecule has 2 aromatic heterocycles. The predicted molar refractivity (Wildman–Crippen MR) is 99.3 cm³/mol. The van der Waals surface area contributed by atoms with Gasteiger partial charge in [-0.2, -0.15) is 5.10 Å². The highest BCUT2D eigenvalue weighted by Crippen LogP contribution is 2.36. The van der Waals surface area contributed by atoms with Crippen LogP contribution in [0.5, 0.6) is 0 Å². The number of piperidine rings is 1. The Bertz CT molecular complexity index is 621. The number of rotatable bonds is 3. The first kappa shape index (κ1) is 19.0. The van der Waals surface area contributed by atoms with Gasteiger partial charge in [0.25, 0.3) is 0 Å². The summed E-state index contributed by atoms with van der Waals surface area (Å²) in [6, 6.07) is 4.60. The Morgan fingerprint density at radius 1 is 1.08 bits per heavy atom. The fourth-order valence-electron chi connectivity index (χ4n) is 3.57. The molecule has 1 saturated carbocycles. The Labute approximate surface area is 154 Å². The molecule has 0 spiro atoms. The van der Waals surface area contributed by atoms with E-state index in [9.17, 15) is 0 Å². The summed E-state index contributed by atoms with van der Waals surface area (Å²) < 4.78 is 0. The minimum atomic E-state index is 0. The Morgan fingerprint density at radius 2 is 1.83 bits per heavy atom. The largest absolute Gasteiger partial charge is 0.356 e. The van der Waals surface area contributed by atoms with Crippen LogP contribution in [-0.4, -0.2) is 39.3 Å². The van der Waals surface area contributed by atoms with Crippen LogP contribution in [0.1, 0.15) is 48.9 Å². The topological polar surface area (TPSA) is 83.7 Å². The molecule has 1 saturated heterocycles. The lowest BCUT2D eigenvalue weighted by atomic mass is 9.78. The molecule has 6 nitrogen and oxygen atoms in total. The Balaban J connectivity index is 0.00000104. The Kier molecular flexibility index (Phi) is 6.43. The van der Waals surface area contributed by atoms with Crippen LogP contribution in [-0.2, 0) is 0 Å². The SMILES string of the molecule is Cl.Cl.NC1CC(c2cc(N3CCC(c4ccn[nH]4)CC3)ncn2)C1. The van der Waals surface area contributed by atoms with Crippen molar-refractivity contribution in [1.29, 1.82) is 0 Å². The molecule has 0 aromatic carbocycles. The average Bonchev–Trinajstić information content (AvgIpc) is 3.07. The molecule has 1 aliphatic carbocycles. The van der Waals surface area contributed by atoms with E-state index in [2.05, 4.69) is 37.2 Å². The van der Waals surface area contributed by atoms with Gasteiger partial charge in [-0.25, -0.2) is 9.97 Å². The van der Waals surface area contributed by atoms with E-state index in [1.165, 1.54) is 5.69 Å². The lowest BCUT2D eigenvalue weighted by Crippen LogP contribution is -2.36. The smallest absolute Gasteiger partial charge is 0.132 e. The van der Waals surface area contributed by atoms with E-state index in [1.807, 2.05) is 6.20 Å². The fourth-order valence-corrected chi connectivity index (χ4v) is 3.57. The second kappa shape index (κ2) is 8.14. The summed E-state index contributed by atoms with van der Waals surface area (Å²) in [4.78, 5) is 11.3. The van der Waals surface area contributed by atoms with Crippen LogP contribution in [0.2, 0.25) is 0 Å². The number of anilines is 1. The van der Waals surface area contributed by atoms with Gasteiger partial charge in [0, 0.05) is 54.6 Å². The number of H-pyrrole nitrogens is 1. The zero-order valence-corrected chi connectivity index (χ0v) is 15.1. The zero-order valence-electron chi connectivity index (χ0n) is 13.5. The first-order valence-electron chi connectivity index (χ1n) is 8.11. The summed E-state index contributed by atoms with van der Waals surface area (Å²) in [6.07, 6.45) is 7.92. The van der Waals surface area contributed by atoms with Crippen LogP contribution in [0.4, 0.5) is 5.82 Å². The Morgan fingerprint density at radius 3 is 2.46 bits per heavy atom. The minimum absolute atomic E-state index is 0. The van der Waals surface area contributed by atoms with E-state index < -0.39 is 0 Å². The van der Waals surface area contributed by atoms with E-state index in [-0.39, 0.29) is 24.8 Å². The quantitative estimate of drug-likeness (QED) is 0.867. The van der Waals surface area contributed by atoms with Gasteiger partial charge >= 0.3 is 0 Å². The van der Waals surface area contributed by atoms with E-state index in [0.717, 1.165) is 50.3 Å². The normalized spacial score (nSPS) is 23.8. The number of nitrogens with zero attached hydrogens (tertiary/aromatic N) is 4. The van der Waals surface area contributed by atoms with E-state index in [0.29, 0.717) is 17.9 Å². The molecule has 3 heterocycles. The zero-order chi connectivity index (χ0) is 14.9. The molecule has 2 fully saturated rings. The summed E-state index contributed by atoms with van der Waals surface area (Å²) in [5.41, 5.74) is 8.30. The maximum Gasteiger partial charge on any atom is 0.132 e. The second-order valence-electron chi connectivity index (χ2n) is 6.50. The van der Waals surface area contributed by atoms with Crippen LogP contribution in [0.25, 0.3) is 0 Å². The first-order valence-corrected chi connectivity index (χ1v) is 8.11. The number of halogens is 2. The highest BCUT2D eigenvalue weighted by atomic mass is 35.5. The molecule has 0 amide bonds. The van der Waals surface area contributed by atoms with Gasteiger partial charge in [-0.05, 0) is 31.7 Å². The standard InChI is InChI=1S/C16H22N6.2ClH/c17-13-7-12(8-13)15-9-16(19-10-18-15)22-5-2-11(3-6-22)14-1-4-20-21-14;;/h1,4,9-13H,2-3,5-8,17H2,(H,20,21);2*1H. The van der Waals surface area contributed by atoms with E-state index in [1.54, 1.807) is 6.33 Å². The van der Waals surface area contributed by atoms with Gasteiger partial charge in [-0.1, -0.05) is 0 Å². The number of aromatic nitrogens is 4. The monoisotopic (exact) mass is 370 g/mol. The molecule has 3 N–H and O–H groups in total. The molecular weight excluding hydrogens is 347 g/mol. The summed E-state index contributed by atoms with van der Waals surface area (Å²) in [7, 11) is 0. The van der Waals surface area contributed by atoms with Crippen molar-refractivity contribution < 1.29 is 0 Å². The molecule has 2 aliphatic rings. The Hall–Kier alpha value is -1.37. The minimum Gasteiger partial charge on any atom is -0.356 e. The van der Waals surface area contributed by atoms with Crippen molar-refractivity contribution in [2.45, 2.75) is 43.6 Å². The van der Waals surface area contributed by atoms with Crippen molar-refractivity contribution in [2.75, 3.05) is 18.0 Å². The van der Waals surface area contributed by atoms with Crippen molar-refractivity contribution in [3.8, 4) is 0 Å². The highest BCUT2D eigenvalue weighted by molar-refractivity contribution is 5.85. The maximum atomic E-state index is 5.89. The molecule has 4 rings (SSSR count). The number of nitrogens with two attached hydrogens (primary N) is 1. The number of hydrogen-bond acceptors (Lipinski definition) is 5. The third-order valence-electron chi connectivity index (χ3n) is 5.05. The summed E-state index contributed by atoms with van der Waals surface area (Å²) in [5, 5.41) is 7.16. The van der Waals surface area contributed by atoms with Crippen LogP contribution in [0, 0.1) is 0 Å². The predicted octanol–water partition coefficient (Wildman–Crippen LogP) is 2.63. The molecule has 8 heteroatoms. The van der Waals surface area contributed by atoms with Crippen LogP contribution in [0.15, 0.2) is 24.7 Å². The second-order valence-corrected chi connectivity index (χ2v) is 6.50. The molecule has 0 atom stereocenters. The molecule has 2 aromatic rings. The number of nitrogens with one attached hydrogen (secondary N) is 1. The highest BCUT2D eigenvalue weighted by Gasteiger charge is 2.29. The molecule has 0 bridgehead atoms. The molecule has 1 aliphatic heterocycles. The van der Waals surface area contributed by atoms with Crippen molar-refractivity contribution >= 4 is 30.6 Å². The summed E-state index contributed by atoms with van der Waals surface area (Å²) in [6.45, 7) is 2.06. The summed E-state index contributed by atoms with van der Waals surface area (Å²) >= 11 is 0. The van der Waals surface area contributed by atoms with Gasteiger partial charge in [0.2, 0.25) is 0 Å². The van der Waals surface area contributed by atoms with Gasteiger partial charge in [0.15, 0.2) is 0 Å². The van der Waals surface area contributed by atoms with E-state index in [4.69, 9.17) is 5.73 Å². The molecule has 0 radical (unpaired) electrons. The van der Waals surface area contributed by atoms with Gasteiger partial charge in [-0.3, -0.25) is 5.10 Å². The molecular formula is C16H24Cl2N6. The summed E-state index contributed by atoms with van der Waals surface area (Å²) in [5.74, 6) is 2.18. The molecule has 0 unspecified atom stereocenters. The number of hydrogen-bond donors (Lipinski definition) is 2. The van der Waals surface area contributed by atoms with Gasteiger partial charge < -0.3 is 10.6 Å². The third-order valence-corrected chi connectivity index (χ3v) is 5.05. The fraction of sp³-hybridized carbons (Fsp3) is 0.562. The van der Waals surface area contributed by atoms with Crippen LogP contribution < -0.4 is 10.6 Å². The average molecular weight is 371 g/mol. The van der Waals surface area contributed by atoms with E-state index >= 15 is 0 Å². The molecule has 132 valence electrons. The van der Waals surface area contributed by atoms with Crippen molar-refractivity contribution in [3.05, 3.63) is 36.0 Å². The van der Waals surface area contributed by atoms with Gasteiger partial charge in [0.1, 0.15) is 12.1 Å². The molecule has 24 heavy (non-hydrogen) atoms. The first-order chi connectivity index (χ1) is 10.8. The van der Waals surface area contributed by atoms with Gasteiger partial charge in [-0.15, -0.1) is 24.8 Å². The van der Waals surface area contributed by atoms with Crippen molar-refractivity contribution in [1.82, 2.24) is 20.2 Å². The van der Waals surface area contributed by atoms with Crippen LogP contribution in [0.3, 0.4) is 0 Å².